The maximum atomic E-state index is 11.9. The Morgan fingerprint density at radius 2 is 2.06 bits per heavy atom. The molecule has 2 atom stereocenters. The predicted molar refractivity (Wildman–Crippen MR) is 64.9 cm³/mol. The number of carbonyl (C=O) groups excluding carboxylic acids is 1. The van der Waals surface area contributed by atoms with E-state index in [1.807, 2.05) is 0 Å². The van der Waals surface area contributed by atoms with E-state index in [0.29, 0.717) is 0 Å². The van der Waals surface area contributed by atoms with Crippen molar-refractivity contribution in [2.45, 2.75) is 44.6 Å². The molecular formula is C13H22N2O. The zero-order chi connectivity index (χ0) is 11.6. The van der Waals surface area contributed by atoms with E-state index in [1.54, 1.807) is 0 Å². The summed E-state index contributed by atoms with van der Waals surface area (Å²) in [7, 11) is 0. The van der Waals surface area contributed by atoms with E-state index in [1.165, 1.54) is 19.3 Å². The zero-order valence-electron chi connectivity index (χ0n) is 10.1. The van der Waals surface area contributed by atoms with Crippen LogP contribution < -0.4 is 5.73 Å². The van der Waals surface area contributed by atoms with Gasteiger partial charge in [0, 0.05) is 5.92 Å². The third-order valence-corrected chi connectivity index (χ3v) is 4.22. The number of piperidine rings is 1. The quantitative estimate of drug-likeness (QED) is 0.723. The minimum atomic E-state index is -0.408. The summed E-state index contributed by atoms with van der Waals surface area (Å²) in [6, 6.07) is 0. The molecule has 1 amide bonds. The minimum Gasteiger partial charge on any atom is -0.368 e. The van der Waals surface area contributed by atoms with Crippen molar-refractivity contribution in [3.8, 4) is 0 Å². The molecule has 3 nitrogen and oxygen atoms in total. The van der Waals surface area contributed by atoms with Crippen molar-refractivity contribution in [3.63, 3.8) is 0 Å². The lowest BCUT2D eigenvalue weighted by molar-refractivity contribution is -0.134. The standard InChI is InChI=1S/C13H22N2O/c1-11-7-3-4-8-13(11,12(14)16)15-9-5-2-6-10-15/h3,7,11H,2,4-6,8-10H2,1H3,(H2,14,16). The lowest BCUT2D eigenvalue weighted by Crippen LogP contribution is -2.62. The molecule has 0 aromatic heterocycles. The highest BCUT2D eigenvalue weighted by Crippen LogP contribution is 2.36. The van der Waals surface area contributed by atoms with Crippen LogP contribution in [-0.2, 0) is 4.79 Å². The molecular weight excluding hydrogens is 200 g/mol. The maximum Gasteiger partial charge on any atom is 0.238 e. The Balaban J connectivity index is 2.26. The van der Waals surface area contributed by atoms with E-state index in [2.05, 4.69) is 24.0 Å². The molecule has 2 unspecified atom stereocenters. The Morgan fingerprint density at radius 3 is 2.62 bits per heavy atom. The van der Waals surface area contributed by atoms with Gasteiger partial charge in [-0.3, -0.25) is 9.69 Å². The average Bonchev–Trinajstić information content (AvgIpc) is 2.30. The van der Waals surface area contributed by atoms with Crippen molar-refractivity contribution >= 4 is 5.91 Å². The fraction of sp³-hybridized carbons (Fsp3) is 0.769. The van der Waals surface area contributed by atoms with Crippen LogP contribution in [0.3, 0.4) is 0 Å². The second-order valence-electron chi connectivity index (χ2n) is 5.09. The highest BCUT2D eigenvalue weighted by atomic mass is 16.1. The molecule has 0 saturated carbocycles. The van der Waals surface area contributed by atoms with Gasteiger partial charge in [0.05, 0.1) is 0 Å². The Morgan fingerprint density at radius 1 is 1.38 bits per heavy atom. The molecule has 1 saturated heterocycles. The first-order valence-corrected chi connectivity index (χ1v) is 6.39. The number of nitrogens with zero attached hydrogens (tertiary/aromatic N) is 1. The summed E-state index contributed by atoms with van der Waals surface area (Å²) in [5.74, 6) is 0.114. The maximum absolute atomic E-state index is 11.9. The SMILES string of the molecule is CC1C=CCCC1(C(N)=O)N1CCCCC1. The summed E-state index contributed by atoms with van der Waals surface area (Å²) in [5, 5.41) is 0. The number of allylic oxidation sites excluding steroid dienone is 1. The van der Waals surface area contributed by atoms with E-state index >= 15 is 0 Å². The molecule has 0 radical (unpaired) electrons. The number of amides is 1. The second kappa shape index (κ2) is 4.58. The van der Waals surface area contributed by atoms with Gasteiger partial charge in [-0.1, -0.05) is 25.5 Å². The molecule has 2 aliphatic rings. The lowest BCUT2D eigenvalue weighted by atomic mass is 9.74. The number of primary amides is 1. The minimum absolute atomic E-state index is 0.133. The van der Waals surface area contributed by atoms with Crippen LogP contribution >= 0.6 is 0 Å². The highest BCUT2D eigenvalue weighted by Gasteiger charge is 2.46. The third kappa shape index (κ3) is 1.77. The van der Waals surface area contributed by atoms with Crippen LogP contribution in [0.5, 0.6) is 0 Å². The molecule has 0 aromatic carbocycles. The summed E-state index contributed by atoms with van der Waals surface area (Å²) in [6.07, 6.45) is 9.88. The second-order valence-corrected chi connectivity index (χ2v) is 5.09. The normalized spacial score (nSPS) is 36.2. The average molecular weight is 222 g/mol. The molecule has 1 fully saturated rings. The molecule has 2 rings (SSSR count). The van der Waals surface area contributed by atoms with Gasteiger partial charge in [0.1, 0.15) is 5.54 Å². The van der Waals surface area contributed by atoms with Gasteiger partial charge in [-0.15, -0.1) is 0 Å². The van der Waals surface area contributed by atoms with Crippen LogP contribution in [0.4, 0.5) is 0 Å². The summed E-state index contributed by atoms with van der Waals surface area (Å²) < 4.78 is 0. The fourth-order valence-corrected chi connectivity index (χ4v) is 3.23. The molecule has 0 aromatic rings. The number of hydrogen-bond acceptors (Lipinski definition) is 2. The Hall–Kier alpha value is -0.830. The van der Waals surface area contributed by atoms with Gasteiger partial charge in [-0.05, 0) is 38.8 Å². The smallest absolute Gasteiger partial charge is 0.238 e. The Labute approximate surface area is 97.7 Å². The third-order valence-electron chi connectivity index (χ3n) is 4.22. The van der Waals surface area contributed by atoms with Crippen LogP contribution in [0.15, 0.2) is 12.2 Å². The molecule has 0 bridgehead atoms. The van der Waals surface area contributed by atoms with Crippen molar-refractivity contribution in [2.75, 3.05) is 13.1 Å². The van der Waals surface area contributed by atoms with Crippen LogP contribution in [0, 0.1) is 5.92 Å². The highest BCUT2D eigenvalue weighted by molar-refractivity contribution is 5.85. The molecule has 0 spiro atoms. The van der Waals surface area contributed by atoms with Crippen molar-refractivity contribution in [2.24, 2.45) is 11.7 Å². The van der Waals surface area contributed by atoms with E-state index in [9.17, 15) is 4.79 Å². The fourth-order valence-electron chi connectivity index (χ4n) is 3.23. The van der Waals surface area contributed by atoms with E-state index in [-0.39, 0.29) is 11.8 Å². The van der Waals surface area contributed by atoms with Gasteiger partial charge >= 0.3 is 0 Å². The molecule has 1 aliphatic carbocycles. The van der Waals surface area contributed by atoms with Crippen LogP contribution in [0.1, 0.15) is 39.0 Å². The summed E-state index contributed by atoms with van der Waals surface area (Å²) in [4.78, 5) is 14.3. The van der Waals surface area contributed by atoms with Crippen molar-refractivity contribution in [1.29, 1.82) is 0 Å². The Bertz CT molecular complexity index is 294. The number of hydrogen-bond donors (Lipinski definition) is 1. The summed E-state index contributed by atoms with van der Waals surface area (Å²) in [6.45, 7) is 4.18. The topological polar surface area (TPSA) is 46.3 Å². The first-order valence-electron chi connectivity index (χ1n) is 6.39. The predicted octanol–water partition coefficient (Wildman–Crippen LogP) is 1.68. The lowest BCUT2D eigenvalue weighted by Gasteiger charge is -2.47. The van der Waals surface area contributed by atoms with E-state index in [4.69, 9.17) is 5.73 Å². The molecule has 1 heterocycles. The monoisotopic (exact) mass is 222 g/mol. The van der Waals surface area contributed by atoms with Crippen LogP contribution in [0.2, 0.25) is 0 Å². The summed E-state index contributed by atoms with van der Waals surface area (Å²) in [5.41, 5.74) is 5.30. The number of rotatable bonds is 2. The molecule has 90 valence electrons. The van der Waals surface area contributed by atoms with Gasteiger partial charge in [-0.25, -0.2) is 0 Å². The van der Waals surface area contributed by atoms with Crippen LogP contribution in [0.25, 0.3) is 0 Å². The van der Waals surface area contributed by atoms with Crippen molar-refractivity contribution in [3.05, 3.63) is 12.2 Å². The molecule has 1 aliphatic heterocycles. The Kier molecular flexibility index (Phi) is 3.33. The largest absolute Gasteiger partial charge is 0.368 e. The zero-order valence-corrected chi connectivity index (χ0v) is 10.1. The molecule has 3 heteroatoms. The van der Waals surface area contributed by atoms with E-state index < -0.39 is 5.54 Å². The van der Waals surface area contributed by atoms with E-state index in [0.717, 1.165) is 25.9 Å². The van der Waals surface area contributed by atoms with Gasteiger partial charge in [0.15, 0.2) is 0 Å². The number of nitrogens with two attached hydrogens (primary N) is 1. The van der Waals surface area contributed by atoms with Crippen LogP contribution in [-0.4, -0.2) is 29.4 Å². The van der Waals surface area contributed by atoms with Gasteiger partial charge in [0.2, 0.25) is 5.91 Å². The first kappa shape index (κ1) is 11.6. The van der Waals surface area contributed by atoms with Crippen molar-refractivity contribution < 1.29 is 4.79 Å². The van der Waals surface area contributed by atoms with Crippen molar-refractivity contribution in [1.82, 2.24) is 4.90 Å². The first-order chi connectivity index (χ1) is 7.68. The van der Waals surface area contributed by atoms with Gasteiger partial charge < -0.3 is 5.73 Å². The number of carbonyl (C=O) groups is 1. The summed E-state index contributed by atoms with van der Waals surface area (Å²) >= 11 is 0. The molecule has 2 N–H and O–H groups in total. The number of likely N-dealkylation sites (tertiary alicyclic amines) is 1. The van der Waals surface area contributed by atoms with Gasteiger partial charge in [-0.2, -0.15) is 0 Å². The van der Waals surface area contributed by atoms with Gasteiger partial charge in [0.25, 0.3) is 0 Å². The molecule has 16 heavy (non-hydrogen) atoms.